The summed E-state index contributed by atoms with van der Waals surface area (Å²) in [6.07, 6.45) is 1.90. The Labute approximate surface area is 172 Å². The summed E-state index contributed by atoms with van der Waals surface area (Å²) in [6, 6.07) is 16.8. The van der Waals surface area contributed by atoms with Crippen molar-refractivity contribution in [3.05, 3.63) is 87.7 Å². The number of imidazole rings is 1. The zero-order valence-electron chi connectivity index (χ0n) is 15.3. The maximum absolute atomic E-state index is 13.2. The van der Waals surface area contributed by atoms with E-state index in [9.17, 15) is 4.79 Å². The van der Waals surface area contributed by atoms with Gasteiger partial charge in [-0.1, -0.05) is 59.1 Å². The number of nitrogens with zero attached hydrogens (tertiary/aromatic N) is 2. The lowest BCUT2D eigenvalue weighted by Crippen LogP contribution is -2.16. The summed E-state index contributed by atoms with van der Waals surface area (Å²) in [7, 11) is 0. The van der Waals surface area contributed by atoms with Crippen LogP contribution in [0.3, 0.4) is 0 Å². The van der Waals surface area contributed by atoms with E-state index in [2.05, 4.69) is 5.32 Å². The Morgan fingerprint density at radius 2 is 1.68 bits per heavy atom. The Hall–Kier alpha value is -2.82. The third-order valence-electron chi connectivity index (χ3n) is 4.49. The number of aryl methyl sites for hydroxylation is 2. The zero-order valence-corrected chi connectivity index (χ0v) is 16.8. The van der Waals surface area contributed by atoms with Crippen molar-refractivity contribution in [1.82, 2.24) is 9.38 Å². The average Bonchev–Trinajstić information content (AvgIpc) is 3.03. The number of halogens is 2. The first kappa shape index (κ1) is 18.5. The highest BCUT2D eigenvalue weighted by Crippen LogP contribution is 2.29. The van der Waals surface area contributed by atoms with Crippen LogP contribution in [0.25, 0.3) is 16.9 Å². The van der Waals surface area contributed by atoms with Gasteiger partial charge in [0.1, 0.15) is 17.0 Å². The number of carbonyl (C=O) groups is 1. The van der Waals surface area contributed by atoms with Gasteiger partial charge < -0.3 is 5.32 Å². The van der Waals surface area contributed by atoms with Crippen LogP contribution in [-0.4, -0.2) is 15.3 Å². The van der Waals surface area contributed by atoms with E-state index in [0.717, 1.165) is 16.7 Å². The lowest BCUT2D eigenvalue weighted by molar-refractivity contribution is 0.102. The number of benzene rings is 2. The second-order valence-electron chi connectivity index (χ2n) is 6.69. The second kappa shape index (κ2) is 7.30. The standard InChI is InChI=1S/C22H17Cl2N3O/c1-13-3-6-15(7-4-13)20-21(27-12-14(2)5-10-19(27)26-20)22(28)25-18-9-8-16(23)11-17(18)24/h3-12H,1-2H3,(H,25,28). The van der Waals surface area contributed by atoms with Crippen molar-refractivity contribution in [2.75, 3.05) is 5.32 Å². The fraction of sp³-hybridized carbons (Fsp3) is 0.0909. The quantitative estimate of drug-likeness (QED) is 0.439. The van der Waals surface area contributed by atoms with Crippen molar-refractivity contribution < 1.29 is 4.79 Å². The van der Waals surface area contributed by atoms with Crippen LogP contribution in [0.4, 0.5) is 5.69 Å². The minimum Gasteiger partial charge on any atom is -0.319 e. The summed E-state index contributed by atoms with van der Waals surface area (Å²) in [5.41, 5.74) is 5.31. The first-order valence-electron chi connectivity index (χ1n) is 8.74. The summed E-state index contributed by atoms with van der Waals surface area (Å²) < 4.78 is 1.81. The lowest BCUT2D eigenvalue weighted by Gasteiger charge is -2.09. The highest BCUT2D eigenvalue weighted by Gasteiger charge is 2.21. The molecule has 0 aliphatic rings. The van der Waals surface area contributed by atoms with Gasteiger partial charge in [0.15, 0.2) is 0 Å². The summed E-state index contributed by atoms with van der Waals surface area (Å²) in [4.78, 5) is 17.9. The molecule has 2 aromatic carbocycles. The predicted octanol–water partition coefficient (Wildman–Crippen LogP) is 6.18. The SMILES string of the molecule is Cc1ccc(-c2nc3ccc(C)cn3c2C(=O)Nc2ccc(Cl)cc2Cl)cc1. The summed E-state index contributed by atoms with van der Waals surface area (Å²) >= 11 is 12.2. The van der Waals surface area contributed by atoms with Crippen LogP contribution in [0, 0.1) is 13.8 Å². The monoisotopic (exact) mass is 409 g/mol. The summed E-state index contributed by atoms with van der Waals surface area (Å²) in [5, 5.41) is 3.77. The average molecular weight is 410 g/mol. The van der Waals surface area contributed by atoms with Gasteiger partial charge in [-0.3, -0.25) is 9.20 Å². The molecule has 2 aromatic heterocycles. The molecule has 0 spiro atoms. The molecule has 1 amide bonds. The molecule has 0 saturated heterocycles. The number of aromatic nitrogens is 2. The Morgan fingerprint density at radius 1 is 0.964 bits per heavy atom. The second-order valence-corrected chi connectivity index (χ2v) is 7.53. The number of pyridine rings is 1. The van der Waals surface area contributed by atoms with Crippen LogP contribution in [-0.2, 0) is 0 Å². The third kappa shape index (κ3) is 3.49. The fourth-order valence-electron chi connectivity index (χ4n) is 3.05. The number of fused-ring (bicyclic) bond motifs is 1. The van der Waals surface area contributed by atoms with Gasteiger partial charge in [0.2, 0.25) is 0 Å². The molecule has 2 heterocycles. The van der Waals surface area contributed by atoms with E-state index in [1.807, 2.05) is 60.8 Å². The van der Waals surface area contributed by atoms with Gasteiger partial charge in [0.05, 0.1) is 10.7 Å². The molecule has 28 heavy (non-hydrogen) atoms. The van der Waals surface area contributed by atoms with E-state index in [0.29, 0.717) is 32.8 Å². The van der Waals surface area contributed by atoms with Gasteiger partial charge in [-0.25, -0.2) is 4.98 Å². The van der Waals surface area contributed by atoms with Gasteiger partial charge in [0.25, 0.3) is 5.91 Å². The fourth-order valence-corrected chi connectivity index (χ4v) is 3.51. The van der Waals surface area contributed by atoms with Crippen molar-refractivity contribution in [1.29, 1.82) is 0 Å². The molecule has 4 nitrogen and oxygen atoms in total. The molecule has 4 aromatic rings. The maximum atomic E-state index is 13.2. The zero-order chi connectivity index (χ0) is 19.8. The Morgan fingerprint density at radius 3 is 2.39 bits per heavy atom. The lowest BCUT2D eigenvalue weighted by atomic mass is 10.1. The molecule has 6 heteroatoms. The number of rotatable bonds is 3. The Balaban J connectivity index is 1.85. The molecule has 0 aliphatic heterocycles. The Bertz CT molecular complexity index is 1200. The van der Waals surface area contributed by atoms with Gasteiger partial charge in [-0.2, -0.15) is 0 Å². The van der Waals surface area contributed by atoms with Gasteiger partial charge in [0, 0.05) is 16.8 Å². The molecule has 0 radical (unpaired) electrons. The first-order valence-corrected chi connectivity index (χ1v) is 9.50. The van der Waals surface area contributed by atoms with Crippen LogP contribution in [0.5, 0.6) is 0 Å². The van der Waals surface area contributed by atoms with Gasteiger partial charge in [-0.15, -0.1) is 0 Å². The summed E-state index contributed by atoms with van der Waals surface area (Å²) in [5.74, 6) is -0.294. The molecule has 0 saturated carbocycles. The molecule has 0 fully saturated rings. The molecule has 0 aliphatic carbocycles. The maximum Gasteiger partial charge on any atom is 0.275 e. The van der Waals surface area contributed by atoms with Crippen LogP contribution >= 0.6 is 23.2 Å². The van der Waals surface area contributed by atoms with Crippen LogP contribution in [0.1, 0.15) is 21.6 Å². The van der Waals surface area contributed by atoms with Gasteiger partial charge >= 0.3 is 0 Å². The normalized spacial score (nSPS) is 11.0. The minimum atomic E-state index is -0.294. The Kier molecular flexibility index (Phi) is 4.84. The van der Waals surface area contributed by atoms with E-state index in [1.165, 1.54) is 0 Å². The molecular formula is C22H17Cl2N3O. The van der Waals surface area contributed by atoms with E-state index >= 15 is 0 Å². The van der Waals surface area contributed by atoms with E-state index < -0.39 is 0 Å². The van der Waals surface area contributed by atoms with E-state index in [1.54, 1.807) is 18.2 Å². The van der Waals surface area contributed by atoms with Crippen molar-refractivity contribution >= 4 is 40.4 Å². The van der Waals surface area contributed by atoms with Gasteiger partial charge in [-0.05, 0) is 43.7 Å². The van der Waals surface area contributed by atoms with Crippen molar-refractivity contribution in [2.24, 2.45) is 0 Å². The number of amides is 1. The number of nitrogens with one attached hydrogen (secondary N) is 1. The third-order valence-corrected chi connectivity index (χ3v) is 5.03. The highest BCUT2D eigenvalue weighted by atomic mass is 35.5. The molecule has 0 bridgehead atoms. The van der Waals surface area contributed by atoms with E-state index in [-0.39, 0.29) is 5.91 Å². The predicted molar refractivity (Wildman–Crippen MR) is 115 cm³/mol. The number of anilines is 1. The highest BCUT2D eigenvalue weighted by molar-refractivity contribution is 6.36. The van der Waals surface area contributed by atoms with E-state index in [4.69, 9.17) is 28.2 Å². The van der Waals surface area contributed by atoms with Crippen molar-refractivity contribution in [3.8, 4) is 11.3 Å². The molecule has 4 rings (SSSR count). The summed E-state index contributed by atoms with van der Waals surface area (Å²) in [6.45, 7) is 4.00. The van der Waals surface area contributed by atoms with Crippen LogP contribution in [0.15, 0.2) is 60.8 Å². The first-order chi connectivity index (χ1) is 13.4. The largest absolute Gasteiger partial charge is 0.319 e. The van der Waals surface area contributed by atoms with Crippen LogP contribution in [0.2, 0.25) is 10.0 Å². The number of carbonyl (C=O) groups excluding carboxylic acids is 1. The molecule has 0 unspecified atom stereocenters. The molecule has 1 N–H and O–H groups in total. The topological polar surface area (TPSA) is 46.4 Å². The number of hydrogen-bond acceptors (Lipinski definition) is 2. The smallest absolute Gasteiger partial charge is 0.275 e. The minimum absolute atomic E-state index is 0.294. The molecular weight excluding hydrogens is 393 g/mol. The van der Waals surface area contributed by atoms with Crippen molar-refractivity contribution in [2.45, 2.75) is 13.8 Å². The number of hydrogen-bond donors (Lipinski definition) is 1. The molecule has 140 valence electrons. The van der Waals surface area contributed by atoms with Crippen LogP contribution < -0.4 is 5.32 Å². The van der Waals surface area contributed by atoms with Crippen molar-refractivity contribution in [3.63, 3.8) is 0 Å². The molecule has 0 atom stereocenters.